The second-order valence-electron chi connectivity index (χ2n) is 5.52. The van der Waals surface area contributed by atoms with Crippen LogP contribution in [0.25, 0.3) is 0 Å². The molecular weight excluding hydrogens is 286 g/mol. The Morgan fingerprint density at radius 1 is 1.38 bits per heavy atom. The topological polar surface area (TPSA) is 62.3 Å². The van der Waals surface area contributed by atoms with Gasteiger partial charge in [-0.2, -0.15) is 4.98 Å². The molecule has 7 heteroatoms. The van der Waals surface area contributed by atoms with Crippen LogP contribution in [0.3, 0.4) is 0 Å². The monoisotopic (exact) mass is 309 g/mol. The quantitative estimate of drug-likeness (QED) is 0.818. The summed E-state index contributed by atoms with van der Waals surface area (Å²) in [5.74, 6) is 1.99. The predicted molar refractivity (Wildman–Crippen MR) is 88.9 cm³/mol. The van der Waals surface area contributed by atoms with Crippen molar-refractivity contribution in [3.63, 3.8) is 0 Å². The zero-order valence-electron chi connectivity index (χ0n) is 12.8. The van der Waals surface area contributed by atoms with E-state index in [4.69, 9.17) is 17.0 Å². The van der Waals surface area contributed by atoms with Gasteiger partial charge in [0.25, 0.3) is 0 Å². The number of aryl methyl sites for hydroxylation is 1. The van der Waals surface area contributed by atoms with E-state index in [1.165, 1.54) is 0 Å². The normalized spacial score (nSPS) is 15.1. The third kappa shape index (κ3) is 5.09. The summed E-state index contributed by atoms with van der Waals surface area (Å²) in [5, 5.41) is 6.77. The summed E-state index contributed by atoms with van der Waals surface area (Å²) in [4.78, 5) is 11.1. The van der Waals surface area contributed by atoms with E-state index in [0.717, 1.165) is 44.4 Å². The first-order chi connectivity index (χ1) is 10.0. The fourth-order valence-corrected chi connectivity index (χ4v) is 2.18. The highest BCUT2D eigenvalue weighted by atomic mass is 32.1. The summed E-state index contributed by atoms with van der Waals surface area (Å²) in [6, 6.07) is 1.99. The van der Waals surface area contributed by atoms with Gasteiger partial charge in [0.1, 0.15) is 5.82 Å². The van der Waals surface area contributed by atoms with E-state index >= 15 is 0 Å². The highest BCUT2D eigenvalue weighted by Gasteiger charge is 2.14. The Balaban J connectivity index is 2.02. The maximum Gasteiger partial charge on any atom is 0.231 e. The van der Waals surface area contributed by atoms with Crippen molar-refractivity contribution in [3.8, 4) is 0 Å². The number of anilines is 2. The van der Waals surface area contributed by atoms with Crippen LogP contribution in [0.1, 0.15) is 19.5 Å². The molecule has 2 heterocycles. The Kier molecular flexibility index (Phi) is 5.69. The summed E-state index contributed by atoms with van der Waals surface area (Å²) in [6.45, 7) is 10.2. The number of ether oxygens (including phenoxy) is 1. The zero-order chi connectivity index (χ0) is 15.2. The van der Waals surface area contributed by atoms with Gasteiger partial charge in [-0.25, -0.2) is 4.98 Å². The van der Waals surface area contributed by atoms with Crippen LogP contribution in [0.5, 0.6) is 0 Å². The van der Waals surface area contributed by atoms with Crippen LogP contribution in [0.2, 0.25) is 0 Å². The fraction of sp³-hybridized carbons (Fsp3) is 0.643. The van der Waals surface area contributed by atoms with Crippen molar-refractivity contribution in [1.82, 2.24) is 15.3 Å². The van der Waals surface area contributed by atoms with Crippen LogP contribution >= 0.6 is 12.2 Å². The van der Waals surface area contributed by atoms with E-state index in [9.17, 15) is 0 Å². The number of rotatable bonds is 4. The molecule has 0 aliphatic carbocycles. The van der Waals surface area contributed by atoms with Crippen LogP contribution in [0.15, 0.2) is 6.07 Å². The Morgan fingerprint density at radius 3 is 2.76 bits per heavy atom. The smallest absolute Gasteiger partial charge is 0.231 e. The van der Waals surface area contributed by atoms with Gasteiger partial charge in [0, 0.05) is 31.4 Å². The minimum Gasteiger partial charge on any atom is -0.378 e. The lowest BCUT2D eigenvalue weighted by Crippen LogP contribution is -2.37. The molecule has 2 N–H and O–H groups in total. The van der Waals surface area contributed by atoms with Gasteiger partial charge in [0.05, 0.1) is 13.2 Å². The summed E-state index contributed by atoms with van der Waals surface area (Å²) >= 11 is 5.26. The molecule has 21 heavy (non-hydrogen) atoms. The molecule has 0 bridgehead atoms. The molecule has 1 aliphatic heterocycles. The van der Waals surface area contributed by atoms with Crippen molar-refractivity contribution >= 4 is 29.1 Å². The summed E-state index contributed by atoms with van der Waals surface area (Å²) < 4.78 is 5.37. The molecule has 1 aliphatic rings. The lowest BCUT2D eigenvalue weighted by molar-refractivity contribution is 0.122. The molecule has 0 unspecified atom stereocenters. The Morgan fingerprint density at radius 2 is 2.10 bits per heavy atom. The van der Waals surface area contributed by atoms with Crippen molar-refractivity contribution in [3.05, 3.63) is 11.8 Å². The molecule has 0 aromatic carbocycles. The predicted octanol–water partition coefficient (Wildman–Crippen LogP) is 1.56. The molecule has 0 saturated carbocycles. The van der Waals surface area contributed by atoms with E-state index in [1.807, 2.05) is 13.0 Å². The van der Waals surface area contributed by atoms with Gasteiger partial charge in [-0.1, -0.05) is 13.8 Å². The Hall–Kier alpha value is -1.47. The lowest BCUT2D eigenvalue weighted by Gasteiger charge is -2.28. The van der Waals surface area contributed by atoms with Gasteiger partial charge >= 0.3 is 0 Å². The number of hydrogen-bond acceptors (Lipinski definition) is 5. The number of thiocarbonyl (C=S) groups is 1. The molecule has 0 spiro atoms. The van der Waals surface area contributed by atoms with E-state index in [-0.39, 0.29) is 0 Å². The van der Waals surface area contributed by atoms with Gasteiger partial charge in [0.2, 0.25) is 5.95 Å². The largest absolute Gasteiger partial charge is 0.378 e. The minimum absolute atomic E-state index is 0.534. The van der Waals surface area contributed by atoms with Gasteiger partial charge in [-0.3, -0.25) is 0 Å². The molecule has 1 aromatic rings. The molecule has 1 saturated heterocycles. The summed E-state index contributed by atoms with van der Waals surface area (Å²) in [5.41, 5.74) is 0.917. The first-order valence-electron chi connectivity index (χ1n) is 7.28. The van der Waals surface area contributed by atoms with Crippen LogP contribution in [0, 0.1) is 12.8 Å². The van der Waals surface area contributed by atoms with E-state index in [1.54, 1.807) is 0 Å². The number of nitrogens with zero attached hydrogens (tertiary/aromatic N) is 3. The number of nitrogens with one attached hydrogen (secondary N) is 2. The van der Waals surface area contributed by atoms with E-state index in [0.29, 0.717) is 17.0 Å². The maximum atomic E-state index is 5.37. The van der Waals surface area contributed by atoms with Crippen LogP contribution < -0.4 is 15.5 Å². The molecule has 2 rings (SSSR count). The first-order valence-corrected chi connectivity index (χ1v) is 7.68. The lowest BCUT2D eigenvalue weighted by atomic mass is 10.2. The van der Waals surface area contributed by atoms with Crippen molar-refractivity contribution in [2.45, 2.75) is 20.8 Å². The molecule has 0 atom stereocenters. The summed E-state index contributed by atoms with van der Waals surface area (Å²) in [6.07, 6.45) is 0. The maximum absolute atomic E-state index is 5.37. The highest BCUT2D eigenvalue weighted by Crippen LogP contribution is 2.16. The van der Waals surface area contributed by atoms with E-state index in [2.05, 4.69) is 39.3 Å². The van der Waals surface area contributed by atoms with Gasteiger partial charge < -0.3 is 20.3 Å². The Bertz CT molecular complexity index is 488. The van der Waals surface area contributed by atoms with Crippen molar-refractivity contribution in [2.24, 2.45) is 5.92 Å². The third-order valence-electron chi connectivity index (χ3n) is 3.07. The standard InChI is InChI=1S/C14H23N5OS/c1-10(2)9-15-14(21)18-13-16-11(3)8-12(17-13)19-4-6-20-7-5-19/h8,10H,4-7,9H2,1-3H3,(H2,15,16,17,18,21). The minimum atomic E-state index is 0.534. The summed E-state index contributed by atoms with van der Waals surface area (Å²) in [7, 11) is 0. The molecule has 1 fully saturated rings. The average molecular weight is 309 g/mol. The SMILES string of the molecule is Cc1cc(N2CCOCC2)nc(NC(=S)NCC(C)C)n1. The van der Waals surface area contributed by atoms with Crippen LogP contribution in [-0.2, 0) is 4.74 Å². The molecule has 0 radical (unpaired) electrons. The average Bonchev–Trinajstić information content (AvgIpc) is 2.45. The molecule has 6 nitrogen and oxygen atoms in total. The number of morpholine rings is 1. The van der Waals surface area contributed by atoms with Crippen LogP contribution in [0.4, 0.5) is 11.8 Å². The first kappa shape index (κ1) is 15.9. The van der Waals surface area contributed by atoms with Crippen LogP contribution in [-0.4, -0.2) is 47.9 Å². The van der Waals surface area contributed by atoms with Crippen molar-refractivity contribution < 1.29 is 4.74 Å². The van der Waals surface area contributed by atoms with Crippen molar-refractivity contribution in [1.29, 1.82) is 0 Å². The molecule has 0 amide bonds. The second kappa shape index (κ2) is 7.51. The highest BCUT2D eigenvalue weighted by molar-refractivity contribution is 7.80. The zero-order valence-corrected chi connectivity index (χ0v) is 13.7. The van der Waals surface area contributed by atoms with Gasteiger partial charge in [0.15, 0.2) is 5.11 Å². The molecule has 116 valence electrons. The van der Waals surface area contributed by atoms with Gasteiger partial charge in [-0.15, -0.1) is 0 Å². The van der Waals surface area contributed by atoms with Crippen molar-refractivity contribution in [2.75, 3.05) is 43.1 Å². The fourth-order valence-electron chi connectivity index (χ4n) is 2.00. The van der Waals surface area contributed by atoms with Gasteiger partial charge in [-0.05, 0) is 25.1 Å². The number of aromatic nitrogens is 2. The number of hydrogen-bond donors (Lipinski definition) is 2. The second-order valence-corrected chi connectivity index (χ2v) is 5.93. The Labute approximate surface area is 131 Å². The van der Waals surface area contributed by atoms with E-state index < -0.39 is 0 Å². The molecule has 1 aromatic heterocycles. The molecular formula is C14H23N5OS. The third-order valence-corrected chi connectivity index (χ3v) is 3.32.